The Balaban J connectivity index is 2.21. The highest BCUT2D eigenvalue weighted by Gasteiger charge is 2.51. The van der Waals surface area contributed by atoms with Crippen molar-refractivity contribution in [1.82, 2.24) is 9.80 Å². The molecule has 20 heavy (non-hydrogen) atoms. The molecule has 0 radical (unpaired) electrons. The highest BCUT2D eigenvalue weighted by atomic mass is 16.5. The molecular weight excluding hydrogens is 252 g/mol. The summed E-state index contributed by atoms with van der Waals surface area (Å²) >= 11 is 0. The summed E-state index contributed by atoms with van der Waals surface area (Å²) in [6, 6.07) is 0.542. The molecule has 4 heteroatoms. The van der Waals surface area contributed by atoms with Gasteiger partial charge in [0.05, 0.1) is 13.0 Å². The SMILES string of the molecule is CCOC(=O)CC1(N(CC)CC)CCN2CCCCC21. The van der Waals surface area contributed by atoms with Gasteiger partial charge < -0.3 is 4.74 Å². The molecule has 2 unspecified atom stereocenters. The van der Waals surface area contributed by atoms with Gasteiger partial charge in [0.25, 0.3) is 0 Å². The topological polar surface area (TPSA) is 32.8 Å². The molecule has 0 saturated carbocycles. The molecule has 0 aromatic carbocycles. The molecular formula is C16H30N2O2. The molecule has 0 aromatic rings. The molecule has 0 amide bonds. The smallest absolute Gasteiger partial charge is 0.307 e. The minimum absolute atomic E-state index is 0.0101. The van der Waals surface area contributed by atoms with Crippen LogP contribution in [0.25, 0.3) is 0 Å². The summed E-state index contributed by atoms with van der Waals surface area (Å²) in [4.78, 5) is 17.3. The zero-order valence-electron chi connectivity index (χ0n) is 13.4. The summed E-state index contributed by atoms with van der Waals surface area (Å²) in [5.74, 6) is -0.0215. The second kappa shape index (κ2) is 6.90. The number of ether oxygens (including phenoxy) is 1. The van der Waals surface area contributed by atoms with Gasteiger partial charge in [-0.15, -0.1) is 0 Å². The largest absolute Gasteiger partial charge is 0.466 e. The third kappa shape index (κ3) is 2.86. The number of hydrogen-bond donors (Lipinski definition) is 0. The number of rotatable bonds is 6. The molecule has 2 atom stereocenters. The lowest BCUT2D eigenvalue weighted by Crippen LogP contribution is -2.58. The zero-order valence-corrected chi connectivity index (χ0v) is 13.4. The van der Waals surface area contributed by atoms with E-state index in [1.54, 1.807) is 0 Å². The first-order valence-corrected chi connectivity index (χ1v) is 8.32. The number of nitrogens with zero attached hydrogens (tertiary/aromatic N) is 2. The van der Waals surface area contributed by atoms with Gasteiger partial charge in [0.15, 0.2) is 0 Å². The minimum Gasteiger partial charge on any atom is -0.466 e. The van der Waals surface area contributed by atoms with Gasteiger partial charge in [-0.25, -0.2) is 0 Å². The standard InChI is InChI=1S/C16H30N2O2/c1-4-18(5-2)16(13-15(19)20-6-3)10-12-17-11-8-7-9-14(16)17/h14H,4-13H2,1-3H3. The van der Waals surface area contributed by atoms with Gasteiger partial charge in [-0.1, -0.05) is 20.3 Å². The monoisotopic (exact) mass is 282 g/mol. The van der Waals surface area contributed by atoms with Crippen LogP contribution >= 0.6 is 0 Å². The van der Waals surface area contributed by atoms with Crippen molar-refractivity contribution in [1.29, 1.82) is 0 Å². The quantitative estimate of drug-likeness (QED) is 0.700. The van der Waals surface area contributed by atoms with Gasteiger partial charge >= 0.3 is 5.97 Å². The van der Waals surface area contributed by atoms with Crippen molar-refractivity contribution >= 4 is 5.97 Å². The van der Waals surface area contributed by atoms with Crippen LogP contribution in [0, 0.1) is 0 Å². The number of likely N-dealkylation sites (N-methyl/N-ethyl adjacent to an activating group) is 1. The summed E-state index contributed by atoms with van der Waals surface area (Å²) in [7, 11) is 0. The first-order chi connectivity index (χ1) is 9.67. The van der Waals surface area contributed by atoms with E-state index in [0.29, 0.717) is 19.1 Å². The zero-order chi connectivity index (χ0) is 14.6. The third-order valence-corrected chi connectivity index (χ3v) is 5.21. The molecule has 2 aliphatic heterocycles. The van der Waals surface area contributed by atoms with Crippen LogP contribution in [-0.4, -0.2) is 60.1 Å². The van der Waals surface area contributed by atoms with E-state index in [1.165, 1.54) is 25.8 Å². The number of fused-ring (bicyclic) bond motifs is 1. The fraction of sp³-hybridized carbons (Fsp3) is 0.938. The van der Waals surface area contributed by atoms with Crippen LogP contribution in [0.5, 0.6) is 0 Å². The van der Waals surface area contributed by atoms with Crippen molar-refractivity contribution in [2.24, 2.45) is 0 Å². The van der Waals surface area contributed by atoms with E-state index >= 15 is 0 Å². The van der Waals surface area contributed by atoms with Crippen molar-refractivity contribution < 1.29 is 9.53 Å². The van der Waals surface area contributed by atoms with Crippen LogP contribution in [-0.2, 0) is 9.53 Å². The Hall–Kier alpha value is -0.610. The van der Waals surface area contributed by atoms with Crippen LogP contribution in [0.3, 0.4) is 0 Å². The number of carbonyl (C=O) groups excluding carboxylic acids is 1. The Bertz CT molecular complexity index is 330. The molecule has 0 spiro atoms. The summed E-state index contributed by atoms with van der Waals surface area (Å²) < 4.78 is 5.26. The summed E-state index contributed by atoms with van der Waals surface area (Å²) in [5.41, 5.74) is 0.0101. The maximum absolute atomic E-state index is 12.1. The Morgan fingerprint density at radius 1 is 1.25 bits per heavy atom. The predicted octanol–water partition coefficient (Wildman–Crippen LogP) is 2.28. The van der Waals surface area contributed by atoms with Crippen molar-refractivity contribution in [3.8, 4) is 0 Å². The van der Waals surface area contributed by atoms with Gasteiger partial charge in [-0.3, -0.25) is 14.6 Å². The van der Waals surface area contributed by atoms with Crippen molar-refractivity contribution in [3.05, 3.63) is 0 Å². The maximum Gasteiger partial charge on any atom is 0.307 e. The van der Waals surface area contributed by atoms with Gasteiger partial charge in [0.1, 0.15) is 0 Å². The molecule has 0 N–H and O–H groups in total. The van der Waals surface area contributed by atoms with E-state index in [9.17, 15) is 4.79 Å². The van der Waals surface area contributed by atoms with E-state index < -0.39 is 0 Å². The normalized spacial score (nSPS) is 30.5. The van der Waals surface area contributed by atoms with Crippen LogP contribution in [0.1, 0.15) is 52.9 Å². The summed E-state index contributed by atoms with van der Waals surface area (Å²) in [5, 5.41) is 0. The molecule has 116 valence electrons. The molecule has 0 aromatic heterocycles. The van der Waals surface area contributed by atoms with Crippen LogP contribution in [0.15, 0.2) is 0 Å². The molecule has 0 bridgehead atoms. The van der Waals surface area contributed by atoms with Crippen LogP contribution < -0.4 is 0 Å². The third-order valence-electron chi connectivity index (χ3n) is 5.21. The fourth-order valence-corrected chi connectivity index (χ4v) is 4.37. The van der Waals surface area contributed by atoms with Crippen molar-refractivity contribution in [2.75, 3.05) is 32.8 Å². The Labute approximate surface area is 123 Å². The molecule has 2 saturated heterocycles. The summed E-state index contributed by atoms with van der Waals surface area (Å²) in [6.45, 7) is 11.2. The highest BCUT2D eigenvalue weighted by Crippen LogP contribution is 2.41. The number of carbonyl (C=O) groups is 1. The van der Waals surface area contributed by atoms with Gasteiger partial charge in [0, 0.05) is 18.1 Å². The highest BCUT2D eigenvalue weighted by molar-refractivity contribution is 5.71. The molecule has 0 aliphatic carbocycles. The number of hydrogen-bond acceptors (Lipinski definition) is 4. The average Bonchev–Trinajstić information content (AvgIpc) is 2.81. The fourth-order valence-electron chi connectivity index (χ4n) is 4.37. The Morgan fingerprint density at radius 2 is 2.00 bits per heavy atom. The second-order valence-corrected chi connectivity index (χ2v) is 6.06. The van der Waals surface area contributed by atoms with Gasteiger partial charge in [-0.2, -0.15) is 0 Å². The van der Waals surface area contributed by atoms with Crippen molar-refractivity contribution in [3.63, 3.8) is 0 Å². The lowest BCUT2D eigenvalue weighted by Gasteiger charge is -2.47. The lowest BCUT2D eigenvalue weighted by atomic mass is 9.81. The van der Waals surface area contributed by atoms with Gasteiger partial charge in [-0.05, 0) is 45.8 Å². The average molecular weight is 282 g/mol. The summed E-state index contributed by atoms with van der Waals surface area (Å²) in [6.07, 6.45) is 5.51. The predicted molar refractivity (Wildman–Crippen MR) is 80.7 cm³/mol. The molecule has 2 rings (SSSR count). The van der Waals surface area contributed by atoms with E-state index in [0.717, 1.165) is 26.1 Å². The minimum atomic E-state index is -0.0215. The number of piperidine rings is 1. The molecule has 2 fully saturated rings. The Morgan fingerprint density at radius 3 is 2.65 bits per heavy atom. The molecule has 4 nitrogen and oxygen atoms in total. The molecule has 2 aliphatic rings. The number of esters is 1. The van der Waals surface area contributed by atoms with E-state index in [2.05, 4.69) is 23.6 Å². The van der Waals surface area contributed by atoms with E-state index in [4.69, 9.17) is 4.74 Å². The first kappa shape index (κ1) is 15.8. The first-order valence-electron chi connectivity index (χ1n) is 8.32. The van der Waals surface area contributed by atoms with E-state index in [1.807, 2.05) is 6.92 Å². The molecule has 2 heterocycles. The van der Waals surface area contributed by atoms with Crippen LogP contribution in [0.2, 0.25) is 0 Å². The van der Waals surface area contributed by atoms with Crippen LogP contribution in [0.4, 0.5) is 0 Å². The van der Waals surface area contributed by atoms with E-state index in [-0.39, 0.29) is 11.5 Å². The van der Waals surface area contributed by atoms with Gasteiger partial charge in [0.2, 0.25) is 0 Å². The lowest BCUT2D eigenvalue weighted by molar-refractivity contribution is -0.147. The Kier molecular flexibility index (Phi) is 5.44. The second-order valence-electron chi connectivity index (χ2n) is 6.06. The maximum atomic E-state index is 12.1. The van der Waals surface area contributed by atoms with Crippen molar-refractivity contribution in [2.45, 2.75) is 64.5 Å².